The summed E-state index contributed by atoms with van der Waals surface area (Å²) >= 11 is 0. The zero-order valence-electron chi connectivity index (χ0n) is 18.4. The first-order valence-electron chi connectivity index (χ1n) is 10.4. The number of hydrogen-bond acceptors (Lipinski definition) is 4. The van der Waals surface area contributed by atoms with Gasteiger partial charge in [0.2, 0.25) is 0 Å². The molecular weight excluding hydrogens is 422 g/mol. The molecule has 2 aromatic rings. The van der Waals surface area contributed by atoms with Crippen LogP contribution in [0.4, 0.5) is 14.5 Å². The van der Waals surface area contributed by atoms with E-state index in [-0.39, 0.29) is 30.4 Å². The molecule has 0 aliphatic carbocycles. The molecule has 5 nitrogen and oxygen atoms in total. The van der Waals surface area contributed by atoms with Gasteiger partial charge in [0.25, 0.3) is 15.9 Å². The Morgan fingerprint density at radius 2 is 1.84 bits per heavy atom. The standard InChI is InChI=1S/C23H30F2N2O3S/c1-16(2)13-27(22-10-5-17(3)11-18(22)4)31(28,29)21-8-6-20(7-9-21)30-14-19-12-23(24,25)15-26-19/h5-11,16,19,26H,12-15H2,1-4H3. The van der Waals surface area contributed by atoms with Crippen LogP contribution in [0.3, 0.4) is 0 Å². The monoisotopic (exact) mass is 452 g/mol. The third-order valence-corrected chi connectivity index (χ3v) is 7.00. The first kappa shape index (κ1) is 23.5. The smallest absolute Gasteiger partial charge is 0.264 e. The molecule has 0 amide bonds. The maximum absolute atomic E-state index is 13.4. The largest absolute Gasteiger partial charge is 0.492 e. The van der Waals surface area contributed by atoms with E-state index < -0.39 is 22.0 Å². The molecule has 1 saturated heterocycles. The highest BCUT2D eigenvalue weighted by atomic mass is 32.2. The third-order valence-electron chi connectivity index (χ3n) is 5.21. The maximum Gasteiger partial charge on any atom is 0.264 e. The fraction of sp³-hybridized carbons (Fsp3) is 0.478. The highest BCUT2D eigenvalue weighted by Gasteiger charge is 2.39. The number of benzene rings is 2. The molecule has 0 aromatic heterocycles. The predicted molar refractivity (Wildman–Crippen MR) is 119 cm³/mol. The summed E-state index contributed by atoms with van der Waals surface area (Å²) in [7, 11) is -3.78. The number of nitrogens with one attached hydrogen (secondary N) is 1. The Kier molecular flexibility index (Phi) is 6.91. The number of hydrogen-bond donors (Lipinski definition) is 1. The molecule has 1 aliphatic rings. The van der Waals surface area contributed by atoms with E-state index in [2.05, 4.69) is 5.32 Å². The van der Waals surface area contributed by atoms with Gasteiger partial charge in [-0.25, -0.2) is 17.2 Å². The van der Waals surface area contributed by atoms with Crippen molar-refractivity contribution in [2.45, 2.75) is 51.0 Å². The minimum absolute atomic E-state index is 0.101. The minimum Gasteiger partial charge on any atom is -0.492 e. The van der Waals surface area contributed by atoms with Gasteiger partial charge >= 0.3 is 0 Å². The van der Waals surface area contributed by atoms with Gasteiger partial charge < -0.3 is 10.1 Å². The van der Waals surface area contributed by atoms with Gasteiger partial charge in [0, 0.05) is 19.0 Å². The van der Waals surface area contributed by atoms with E-state index >= 15 is 0 Å². The van der Waals surface area contributed by atoms with Crippen LogP contribution in [0.1, 0.15) is 31.4 Å². The average Bonchev–Trinajstić information content (AvgIpc) is 3.04. The minimum atomic E-state index is -3.78. The quantitative estimate of drug-likeness (QED) is 0.639. The van der Waals surface area contributed by atoms with Crippen molar-refractivity contribution in [2.24, 2.45) is 5.92 Å². The van der Waals surface area contributed by atoms with Crippen molar-refractivity contribution in [2.75, 3.05) is 24.0 Å². The highest BCUT2D eigenvalue weighted by Crippen LogP contribution is 2.30. The lowest BCUT2D eigenvalue weighted by atomic mass is 10.1. The van der Waals surface area contributed by atoms with Gasteiger partial charge in [-0.1, -0.05) is 31.5 Å². The van der Waals surface area contributed by atoms with E-state index in [1.165, 1.54) is 16.4 Å². The van der Waals surface area contributed by atoms with Crippen LogP contribution in [0.15, 0.2) is 47.4 Å². The van der Waals surface area contributed by atoms with Gasteiger partial charge in [-0.2, -0.15) is 0 Å². The first-order chi connectivity index (χ1) is 14.5. The Hall–Kier alpha value is -2.19. The molecule has 1 heterocycles. The number of rotatable bonds is 8. The molecule has 3 rings (SSSR count). The molecule has 8 heteroatoms. The molecule has 1 aliphatic heterocycles. The molecule has 0 saturated carbocycles. The number of sulfonamides is 1. The van der Waals surface area contributed by atoms with E-state index in [4.69, 9.17) is 4.74 Å². The Bertz CT molecular complexity index is 1010. The molecule has 1 N–H and O–H groups in total. The number of nitrogens with zero attached hydrogens (tertiary/aromatic N) is 1. The van der Waals surface area contributed by atoms with Gasteiger partial charge in [0.05, 0.1) is 17.1 Å². The highest BCUT2D eigenvalue weighted by molar-refractivity contribution is 7.92. The van der Waals surface area contributed by atoms with Crippen LogP contribution in [0.5, 0.6) is 5.75 Å². The maximum atomic E-state index is 13.4. The van der Waals surface area contributed by atoms with Crippen molar-refractivity contribution in [1.82, 2.24) is 5.32 Å². The van der Waals surface area contributed by atoms with E-state index in [9.17, 15) is 17.2 Å². The van der Waals surface area contributed by atoms with Gasteiger partial charge in [-0.3, -0.25) is 4.31 Å². The van der Waals surface area contributed by atoms with E-state index in [0.717, 1.165) is 11.1 Å². The summed E-state index contributed by atoms with van der Waals surface area (Å²) in [6.45, 7) is 7.94. The molecule has 0 radical (unpaired) electrons. The molecule has 0 spiro atoms. The molecule has 170 valence electrons. The molecule has 1 fully saturated rings. The summed E-state index contributed by atoms with van der Waals surface area (Å²) < 4.78 is 60.5. The molecule has 1 atom stereocenters. The zero-order valence-corrected chi connectivity index (χ0v) is 19.2. The van der Waals surface area contributed by atoms with E-state index in [0.29, 0.717) is 18.0 Å². The lowest BCUT2D eigenvalue weighted by Gasteiger charge is -2.28. The fourth-order valence-electron chi connectivity index (χ4n) is 3.69. The summed E-state index contributed by atoms with van der Waals surface area (Å²) in [6.07, 6.45) is -0.264. The number of halogens is 2. The number of alkyl halides is 2. The summed E-state index contributed by atoms with van der Waals surface area (Å²) in [5.74, 6) is -2.13. The molecule has 1 unspecified atom stereocenters. The predicted octanol–water partition coefficient (Wildman–Crippen LogP) is 4.53. The normalized spacial score (nSPS) is 18.4. The molecule has 0 bridgehead atoms. The lowest BCUT2D eigenvalue weighted by Crippen LogP contribution is -2.34. The summed E-state index contributed by atoms with van der Waals surface area (Å²) in [5.41, 5.74) is 2.62. The van der Waals surface area contributed by atoms with Gasteiger partial charge in [-0.15, -0.1) is 0 Å². The molecule has 2 aromatic carbocycles. The number of ether oxygens (including phenoxy) is 1. The van der Waals surface area contributed by atoms with Crippen LogP contribution in [0, 0.1) is 19.8 Å². The van der Waals surface area contributed by atoms with Crippen molar-refractivity contribution in [3.05, 3.63) is 53.6 Å². The van der Waals surface area contributed by atoms with Crippen molar-refractivity contribution >= 4 is 15.7 Å². The SMILES string of the molecule is Cc1ccc(N(CC(C)C)S(=O)(=O)c2ccc(OCC3CC(F)(F)CN3)cc2)c(C)c1. The zero-order chi connectivity index (χ0) is 22.8. The van der Waals surface area contributed by atoms with Gasteiger partial charge in [-0.05, 0) is 55.7 Å². The Morgan fingerprint density at radius 1 is 1.16 bits per heavy atom. The lowest BCUT2D eigenvalue weighted by molar-refractivity contribution is 0.0196. The number of anilines is 1. The van der Waals surface area contributed by atoms with Crippen LogP contribution in [0.2, 0.25) is 0 Å². The summed E-state index contributed by atoms with van der Waals surface area (Å²) in [5, 5.41) is 2.74. The van der Waals surface area contributed by atoms with Crippen molar-refractivity contribution in [1.29, 1.82) is 0 Å². The van der Waals surface area contributed by atoms with Crippen LogP contribution < -0.4 is 14.4 Å². The third kappa shape index (κ3) is 5.74. The summed E-state index contributed by atoms with van der Waals surface area (Å²) in [4.78, 5) is 0.158. The Morgan fingerprint density at radius 3 is 2.39 bits per heavy atom. The van der Waals surface area contributed by atoms with Crippen LogP contribution in [0.25, 0.3) is 0 Å². The Balaban J connectivity index is 1.78. The topological polar surface area (TPSA) is 58.6 Å². The second-order valence-electron chi connectivity index (χ2n) is 8.64. The summed E-state index contributed by atoms with van der Waals surface area (Å²) in [6, 6.07) is 11.4. The van der Waals surface area contributed by atoms with Gasteiger partial charge in [0.1, 0.15) is 12.4 Å². The van der Waals surface area contributed by atoms with E-state index in [1.807, 2.05) is 45.9 Å². The van der Waals surface area contributed by atoms with Gasteiger partial charge in [0.15, 0.2) is 0 Å². The molecular formula is C23H30F2N2O3S. The number of aryl methyl sites for hydroxylation is 2. The first-order valence-corrected chi connectivity index (χ1v) is 11.9. The van der Waals surface area contributed by atoms with Crippen LogP contribution >= 0.6 is 0 Å². The van der Waals surface area contributed by atoms with Crippen molar-refractivity contribution < 1.29 is 21.9 Å². The second kappa shape index (κ2) is 9.12. The Labute approximate surface area is 183 Å². The van der Waals surface area contributed by atoms with Crippen LogP contribution in [-0.2, 0) is 10.0 Å². The van der Waals surface area contributed by atoms with E-state index in [1.54, 1.807) is 12.1 Å². The molecule has 31 heavy (non-hydrogen) atoms. The second-order valence-corrected chi connectivity index (χ2v) is 10.5. The van der Waals surface area contributed by atoms with Crippen molar-refractivity contribution in [3.8, 4) is 5.75 Å². The van der Waals surface area contributed by atoms with Crippen molar-refractivity contribution in [3.63, 3.8) is 0 Å². The van der Waals surface area contributed by atoms with Crippen LogP contribution in [-0.4, -0.2) is 40.1 Å². The fourth-order valence-corrected chi connectivity index (χ4v) is 5.38. The average molecular weight is 453 g/mol.